The number of hydrogen-bond acceptors (Lipinski definition) is 7. The summed E-state index contributed by atoms with van der Waals surface area (Å²) >= 11 is 0. The molecule has 0 aromatic heterocycles. The first kappa shape index (κ1) is 23.6. The van der Waals surface area contributed by atoms with Crippen LogP contribution in [0.25, 0.3) is 10.8 Å². The van der Waals surface area contributed by atoms with Gasteiger partial charge in [-0.15, -0.1) is 0 Å². The predicted octanol–water partition coefficient (Wildman–Crippen LogP) is 0.731. The van der Waals surface area contributed by atoms with Crippen LogP contribution in [0.3, 0.4) is 0 Å². The molecule has 0 heterocycles. The van der Waals surface area contributed by atoms with Crippen molar-refractivity contribution in [3.63, 3.8) is 0 Å². The van der Waals surface area contributed by atoms with E-state index in [0.29, 0.717) is 12.2 Å². The number of aliphatic carboxylic acids is 2. The lowest BCUT2D eigenvalue weighted by Crippen LogP contribution is -2.43. The van der Waals surface area contributed by atoms with E-state index < -0.39 is 48.9 Å². The molecule has 0 aliphatic carbocycles. The third-order valence-electron chi connectivity index (χ3n) is 4.54. The normalized spacial score (nSPS) is 12.6. The smallest absolute Gasteiger partial charge is 0.336 e. The van der Waals surface area contributed by atoms with E-state index in [1.165, 1.54) is 0 Å². The van der Waals surface area contributed by atoms with Crippen LogP contribution in [0.1, 0.15) is 18.4 Å². The molecule has 10 nitrogen and oxygen atoms in total. The van der Waals surface area contributed by atoms with Crippen LogP contribution in [-0.2, 0) is 30.3 Å². The molecule has 0 saturated carbocycles. The fourth-order valence-corrected chi connectivity index (χ4v) is 2.95. The SMILES string of the molecule is COc1ccc2cccc(CCNC(=O)COC(=O)CC(O)(CC(=O)O)C(=O)O)c2c1. The van der Waals surface area contributed by atoms with E-state index in [4.69, 9.17) is 14.9 Å². The van der Waals surface area contributed by atoms with Gasteiger partial charge in [-0.05, 0) is 34.9 Å². The Kier molecular flexibility index (Phi) is 7.92. The number of carbonyl (C=O) groups excluding carboxylic acids is 2. The first-order valence-electron chi connectivity index (χ1n) is 9.30. The molecule has 0 radical (unpaired) electrons. The van der Waals surface area contributed by atoms with Crippen LogP contribution in [0.4, 0.5) is 0 Å². The molecule has 2 aromatic rings. The van der Waals surface area contributed by atoms with E-state index in [9.17, 15) is 24.3 Å². The van der Waals surface area contributed by atoms with E-state index >= 15 is 0 Å². The third kappa shape index (κ3) is 6.68. The summed E-state index contributed by atoms with van der Waals surface area (Å²) in [6.07, 6.45) is -1.78. The van der Waals surface area contributed by atoms with E-state index in [-0.39, 0.29) is 6.54 Å². The van der Waals surface area contributed by atoms with Gasteiger partial charge in [0.15, 0.2) is 12.2 Å². The molecule has 31 heavy (non-hydrogen) atoms. The molecule has 4 N–H and O–H groups in total. The van der Waals surface area contributed by atoms with Crippen LogP contribution in [0.15, 0.2) is 36.4 Å². The second-order valence-electron chi connectivity index (χ2n) is 6.85. The number of ether oxygens (including phenoxy) is 2. The summed E-state index contributed by atoms with van der Waals surface area (Å²) in [5.74, 6) is -4.59. The first-order chi connectivity index (χ1) is 14.6. The molecule has 2 aromatic carbocycles. The third-order valence-corrected chi connectivity index (χ3v) is 4.54. The standard InChI is InChI=1S/C21H23NO9/c1-30-15-6-5-13-3-2-4-14(16(13)9-15)7-8-22-17(23)12-31-19(26)11-21(29,20(27)28)10-18(24)25/h2-6,9,29H,7-8,10-12H2,1H3,(H,22,23)(H,24,25)(H,27,28). The topological polar surface area (TPSA) is 159 Å². The lowest BCUT2D eigenvalue weighted by molar-refractivity contribution is -0.172. The number of aliphatic hydroxyl groups is 1. The predicted molar refractivity (Wildman–Crippen MR) is 108 cm³/mol. The molecule has 0 aliphatic heterocycles. The van der Waals surface area contributed by atoms with Crippen molar-refractivity contribution in [3.8, 4) is 5.75 Å². The zero-order valence-corrected chi connectivity index (χ0v) is 16.8. The zero-order chi connectivity index (χ0) is 23.0. The van der Waals surface area contributed by atoms with E-state index in [0.717, 1.165) is 16.3 Å². The van der Waals surface area contributed by atoms with Crippen molar-refractivity contribution in [1.82, 2.24) is 5.32 Å². The number of rotatable bonds is 11. The van der Waals surface area contributed by atoms with Gasteiger partial charge in [0.1, 0.15) is 5.75 Å². The number of esters is 1. The quantitative estimate of drug-likeness (QED) is 0.375. The highest BCUT2D eigenvalue weighted by Gasteiger charge is 2.41. The Bertz CT molecular complexity index is 988. The number of amides is 1. The van der Waals surface area contributed by atoms with Crippen molar-refractivity contribution in [3.05, 3.63) is 42.0 Å². The summed E-state index contributed by atoms with van der Waals surface area (Å²) in [6, 6.07) is 11.5. The molecule has 0 spiro atoms. The maximum absolute atomic E-state index is 11.9. The number of carbonyl (C=O) groups is 4. The molecule has 0 aliphatic rings. The number of nitrogens with one attached hydrogen (secondary N) is 1. The molecule has 0 bridgehead atoms. The Labute approximate surface area is 177 Å². The van der Waals surface area contributed by atoms with Gasteiger partial charge in [0, 0.05) is 6.54 Å². The largest absolute Gasteiger partial charge is 0.497 e. The van der Waals surface area contributed by atoms with Crippen molar-refractivity contribution < 1.29 is 44.0 Å². The molecule has 2 rings (SSSR count). The molecule has 1 amide bonds. The van der Waals surface area contributed by atoms with E-state index in [2.05, 4.69) is 10.1 Å². The van der Waals surface area contributed by atoms with E-state index in [1.54, 1.807) is 7.11 Å². The molecular weight excluding hydrogens is 410 g/mol. The monoisotopic (exact) mass is 433 g/mol. The molecule has 1 unspecified atom stereocenters. The van der Waals surface area contributed by atoms with Gasteiger partial charge >= 0.3 is 17.9 Å². The van der Waals surface area contributed by atoms with Crippen LogP contribution in [0, 0.1) is 0 Å². The Balaban J connectivity index is 1.85. The van der Waals surface area contributed by atoms with Gasteiger partial charge in [-0.1, -0.05) is 24.3 Å². The Morgan fingerprint density at radius 3 is 2.45 bits per heavy atom. The second kappa shape index (κ2) is 10.4. The minimum atomic E-state index is -2.81. The number of hydrogen-bond donors (Lipinski definition) is 4. The van der Waals surface area contributed by atoms with Crippen molar-refractivity contribution in [1.29, 1.82) is 0 Å². The first-order valence-corrected chi connectivity index (χ1v) is 9.30. The van der Waals surface area contributed by atoms with Crippen LogP contribution in [0.5, 0.6) is 5.75 Å². The Morgan fingerprint density at radius 2 is 1.81 bits per heavy atom. The number of benzene rings is 2. The fourth-order valence-electron chi connectivity index (χ4n) is 2.95. The van der Waals surface area contributed by atoms with Crippen LogP contribution in [-0.4, -0.2) is 65.0 Å². The van der Waals surface area contributed by atoms with Gasteiger partial charge in [-0.2, -0.15) is 0 Å². The van der Waals surface area contributed by atoms with Gasteiger partial charge < -0.3 is 30.1 Å². The highest BCUT2D eigenvalue weighted by Crippen LogP contribution is 2.24. The van der Waals surface area contributed by atoms with Gasteiger partial charge in [0.25, 0.3) is 5.91 Å². The molecule has 0 fully saturated rings. The van der Waals surface area contributed by atoms with Crippen LogP contribution < -0.4 is 10.1 Å². The summed E-state index contributed by atoms with van der Waals surface area (Å²) < 4.78 is 9.89. The number of carboxylic acid groups (broad SMARTS) is 2. The minimum Gasteiger partial charge on any atom is -0.497 e. The zero-order valence-electron chi connectivity index (χ0n) is 16.8. The highest BCUT2D eigenvalue weighted by molar-refractivity contribution is 5.89. The summed E-state index contributed by atoms with van der Waals surface area (Å²) in [4.78, 5) is 45.3. The second-order valence-corrected chi connectivity index (χ2v) is 6.85. The maximum atomic E-state index is 11.9. The minimum absolute atomic E-state index is 0.255. The summed E-state index contributed by atoms with van der Waals surface area (Å²) in [5, 5.41) is 32.0. The molecule has 1 atom stereocenters. The molecule has 0 saturated heterocycles. The fraction of sp³-hybridized carbons (Fsp3) is 0.333. The van der Waals surface area contributed by atoms with Gasteiger partial charge in [-0.25, -0.2) is 4.79 Å². The van der Waals surface area contributed by atoms with Gasteiger partial charge in [0.2, 0.25) is 0 Å². The van der Waals surface area contributed by atoms with Crippen molar-refractivity contribution in [2.75, 3.05) is 20.3 Å². The van der Waals surface area contributed by atoms with Crippen LogP contribution >= 0.6 is 0 Å². The van der Waals surface area contributed by atoms with Gasteiger partial charge in [-0.3, -0.25) is 14.4 Å². The Morgan fingerprint density at radius 1 is 1.06 bits per heavy atom. The van der Waals surface area contributed by atoms with Crippen molar-refractivity contribution in [2.24, 2.45) is 0 Å². The number of fused-ring (bicyclic) bond motifs is 1. The maximum Gasteiger partial charge on any atom is 0.336 e. The number of methoxy groups -OCH3 is 1. The van der Waals surface area contributed by atoms with Crippen LogP contribution in [0.2, 0.25) is 0 Å². The summed E-state index contributed by atoms with van der Waals surface area (Å²) in [5.41, 5.74) is -1.83. The summed E-state index contributed by atoms with van der Waals surface area (Å²) in [6.45, 7) is -0.435. The van der Waals surface area contributed by atoms with E-state index in [1.807, 2.05) is 36.4 Å². The average molecular weight is 433 g/mol. The molecule has 166 valence electrons. The molecule has 10 heteroatoms. The number of carboxylic acids is 2. The molecular formula is C21H23NO9. The Hall–Kier alpha value is -3.66. The van der Waals surface area contributed by atoms with Crippen molar-refractivity contribution in [2.45, 2.75) is 24.9 Å². The lowest BCUT2D eigenvalue weighted by Gasteiger charge is -2.20. The lowest BCUT2D eigenvalue weighted by atomic mass is 9.96. The average Bonchev–Trinajstić information content (AvgIpc) is 2.71. The van der Waals surface area contributed by atoms with Gasteiger partial charge in [0.05, 0.1) is 20.0 Å². The summed E-state index contributed by atoms with van der Waals surface area (Å²) in [7, 11) is 1.57. The van der Waals surface area contributed by atoms with Crippen molar-refractivity contribution >= 4 is 34.6 Å². The highest BCUT2D eigenvalue weighted by atomic mass is 16.5.